The lowest BCUT2D eigenvalue weighted by atomic mass is 10.1. The van der Waals surface area contributed by atoms with Gasteiger partial charge in [0.15, 0.2) is 0 Å². The first-order chi connectivity index (χ1) is 8.22. The van der Waals surface area contributed by atoms with Crippen LogP contribution in [0.25, 0.3) is 0 Å². The molecular weight excluding hydrogens is 214 g/mol. The van der Waals surface area contributed by atoms with E-state index in [-0.39, 0.29) is 6.03 Å². The Morgan fingerprint density at radius 1 is 1.53 bits per heavy atom. The molecule has 1 atom stereocenters. The fourth-order valence-electron chi connectivity index (χ4n) is 2.08. The van der Waals surface area contributed by atoms with Gasteiger partial charge in [0, 0.05) is 31.4 Å². The van der Waals surface area contributed by atoms with Crippen LogP contribution in [0.5, 0.6) is 0 Å². The summed E-state index contributed by atoms with van der Waals surface area (Å²) >= 11 is 0. The Morgan fingerprint density at radius 2 is 2.29 bits per heavy atom. The highest BCUT2D eigenvalue weighted by atomic mass is 16.2. The van der Waals surface area contributed by atoms with Gasteiger partial charge in [0.2, 0.25) is 0 Å². The molecule has 0 saturated carbocycles. The van der Waals surface area contributed by atoms with Crippen LogP contribution in [0, 0.1) is 0 Å². The van der Waals surface area contributed by atoms with Crippen LogP contribution in [-0.4, -0.2) is 25.2 Å². The van der Waals surface area contributed by atoms with Gasteiger partial charge in [-0.25, -0.2) is 4.79 Å². The maximum absolute atomic E-state index is 12.0. The van der Waals surface area contributed by atoms with Crippen LogP contribution in [0.4, 0.5) is 10.5 Å². The standard InChI is InChI=1S/C13H19N3O/c1-3-14-13(17)16-9-10(2)15-8-11-6-4-5-7-12(11)16/h4-7,10,15H,3,8-9H2,1-2H3,(H,14,17). The van der Waals surface area contributed by atoms with Crippen LogP contribution in [0.1, 0.15) is 19.4 Å². The number of nitrogens with one attached hydrogen (secondary N) is 2. The van der Waals surface area contributed by atoms with Crippen molar-refractivity contribution in [1.29, 1.82) is 0 Å². The number of urea groups is 1. The molecule has 1 aliphatic heterocycles. The average Bonchev–Trinajstić information content (AvgIpc) is 2.50. The minimum absolute atomic E-state index is 0.0181. The summed E-state index contributed by atoms with van der Waals surface area (Å²) in [6.07, 6.45) is 0. The van der Waals surface area contributed by atoms with Crippen molar-refractivity contribution in [3.63, 3.8) is 0 Å². The van der Waals surface area contributed by atoms with E-state index in [9.17, 15) is 4.79 Å². The van der Waals surface area contributed by atoms with Crippen molar-refractivity contribution in [2.75, 3.05) is 18.0 Å². The highest BCUT2D eigenvalue weighted by Gasteiger charge is 2.23. The number of benzene rings is 1. The molecule has 17 heavy (non-hydrogen) atoms. The van der Waals surface area contributed by atoms with Crippen molar-refractivity contribution < 1.29 is 4.79 Å². The summed E-state index contributed by atoms with van der Waals surface area (Å²) < 4.78 is 0. The molecule has 0 fully saturated rings. The number of para-hydroxylation sites is 1. The van der Waals surface area contributed by atoms with E-state index >= 15 is 0 Å². The molecule has 1 heterocycles. The average molecular weight is 233 g/mol. The molecule has 0 aromatic heterocycles. The summed E-state index contributed by atoms with van der Waals surface area (Å²) in [5.41, 5.74) is 2.18. The number of rotatable bonds is 1. The Labute approximate surface area is 102 Å². The van der Waals surface area contributed by atoms with E-state index < -0.39 is 0 Å². The maximum Gasteiger partial charge on any atom is 0.321 e. The normalized spacial score (nSPS) is 19.4. The van der Waals surface area contributed by atoms with Crippen molar-refractivity contribution in [3.8, 4) is 0 Å². The van der Waals surface area contributed by atoms with Gasteiger partial charge in [-0.15, -0.1) is 0 Å². The molecule has 0 spiro atoms. The van der Waals surface area contributed by atoms with E-state index in [1.54, 1.807) is 0 Å². The first-order valence-corrected chi connectivity index (χ1v) is 6.09. The molecular formula is C13H19N3O. The van der Waals surface area contributed by atoms with Crippen LogP contribution in [-0.2, 0) is 6.54 Å². The SMILES string of the molecule is CCNC(=O)N1CC(C)NCc2ccccc21. The van der Waals surface area contributed by atoms with E-state index in [1.165, 1.54) is 5.56 Å². The van der Waals surface area contributed by atoms with Crippen LogP contribution in [0.15, 0.2) is 24.3 Å². The Kier molecular flexibility index (Phi) is 3.64. The van der Waals surface area contributed by atoms with Crippen molar-refractivity contribution in [2.45, 2.75) is 26.4 Å². The van der Waals surface area contributed by atoms with E-state index in [4.69, 9.17) is 0 Å². The molecule has 0 radical (unpaired) electrons. The lowest BCUT2D eigenvalue weighted by Crippen LogP contribution is -2.45. The van der Waals surface area contributed by atoms with Gasteiger partial charge in [0.25, 0.3) is 0 Å². The number of anilines is 1. The number of carbonyl (C=O) groups is 1. The number of fused-ring (bicyclic) bond motifs is 1. The predicted octanol–water partition coefficient (Wildman–Crippen LogP) is 1.71. The van der Waals surface area contributed by atoms with E-state index in [0.717, 1.165) is 12.2 Å². The molecule has 2 rings (SSSR count). The Hall–Kier alpha value is -1.55. The van der Waals surface area contributed by atoms with Gasteiger partial charge in [0.1, 0.15) is 0 Å². The molecule has 2 N–H and O–H groups in total. The zero-order chi connectivity index (χ0) is 12.3. The van der Waals surface area contributed by atoms with Crippen LogP contribution in [0.2, 0.25) is 0 Å². The van der Waals surface area contributed by atoms with Gasteiger partial charge in [-0.1, -0.05) is 18.2 Å². The molecule has 92 valence electrons. The highest BCUT2D eigenvalue weighted by Crippen LogP contribution is 2.23. The van der Waals surface area contributed by atoms with Gasteiger partial charge < -0.3 is 10.6 Å². The van der Waals surface area contributed by atoms with E-state index in [1.807, 2.05) is 30.0 Å². The molecule has 0 saturated heterocycles. The molecule has 0 aliphatic carbocycles. The molecule has 2 amide bonds. The summed E-state index contributed by atoms with van der Waals surface area (Å²) in [5, 5.41) is 6.27. The second kappa shape index (κ2) is 5.19. The summed E-state index contributed by atoms with van der Waals surface area (Å²) in [6, 6.07) is 8.32. The lowest BCUT2D eigenvalue weighted by molar-refractivity contribution is 0.246. The zero-order valence-electron chi connectivity index (χ0n) is 10.4. The van der Waals surface area contributed by atoms with Crippen LogP contribution < -0.4 is 15.5 Å². The molecule has 1 aliphatic rings. The third-order valence-corrected chi connectivity index (χ3v) is 2.95. The number of nitrogens with zero attached hydrogens (tertiary/aromatic N) is 1. The highest BCUT2D eigenvalue weighted by molar-refractivity contribution is 5.93. The molecule has 1 aromatic rings. The minimum atomic E-state index is -0.0181. The molecule has 4 heteroatoms. The van der Waals surface area contributed by atoms with Crippen LogP contribution in [0.3, 0.4) is 0 Å². The third-order valence-electron chi connectivity index (χ3n) is 2.95. The van der Waals surface area contributed by atoms with E-state index in [2.05, 4.69) is 23.6 Å². The topological polar surface area (TPSA) is 44.4 Å². The quantitative estimate of drug-likeness (QED) is 0.775. The minimum Gasteiger partial charge on any atom is -0.338 e. The van der Waals surface area contributed by atoms with Gasteiger partial charge in [-0.05, 0) is 25.5 Å². The number of amides is 2. The monoisotopic (exact) mass is 233 g/mol. The molecule has 1 unspecified atom stereocenters. The zero-order valence-corrected chi connectivity index (χ0v) is 10.4. The second-order valence-corrected chi connectivity index (χ2v) is 4.36. The summed E-state index contributed by atoms with van der Waals surface area (Å²) in [7, 11) is 0. The van der Waals surface area contributed by atoms with Crippen LogP contribution >= 0.6 is 0 Å². The largest absolute Gasteiger partial charge is 0.338 e. The number of hydrogen-bond donors (Lipinski definition) is 2. The molecule has 0 bridgehead atoms. The molecule has 4 nitrogen and oxygen atoms in total. The van der Waals surface area contributed by atoms with Crippen molar-refractivity contribution >= 4 is 11.7 Å². The van der Waals surface area contributed by atoms with Crippen molar-refractivity contribution in [2.24, 2.45) is 0 Å². The Balaban J connectivity index is 2.32. The Bertz CT molecular complexity index is 405. The molecule has 1 aromatic carbocycles. The summed E-state index contributed by atoms with van der Waals surface area (Å²) in [5.74, 6) is 0. The fourth-order valence-corrected chi connectivity index (χ4v) is 2.08. The van der Waals surface area contributed by atoms with Gasteiger partial charge >= 0.3 is 6.03 Å². The first kappa shape index (κ1) is 11.9. The predicted molar refractivity (Wildman–Crippen MR) is 69.2 cm³/mol. The van der Waals surface area contributed by atoms with Crippen molar-refractivity contribution in [1.82, 2.24) is 10.6 Å². The summed E-state index contributed by atoms with van der Waals surface area (Å²) in [4.78, 5) is 13.9. The number of hydrogen-bond acceptors (Lipinski definition) is 2. The van der Waals surface area contributed by atoms with Gasteiger partial charge in [0.05, 0.1) is 0 Å². The van der Waals surface area contributed by atoms with E-state index in [0.29, 0.717) is 19.1 Å². The van der Waals surface area contributed by atoms with Crippen molar-refractivity contribution in [3.05, 3.63) is 29.8 Å². The lowest BCUT2D eigenvalue weighted by Gasteiger charge is -2.24. The fraction of sp³-hybridized carbons (Fsp3) is 0.462. The smallest absolute Gasteiger partial charge is 0.321 e. The Morgan fingerprint density at radius 3 is 3.06 bits per heavy atom. The van der Waals surface area contributed by atoms with Gasteiger partial charge in [-0.3, -0.25) is 4.90 Å². The van der Waals surface area contributed by atoms with Gasteiger partial charge in [-0.2, -0.15) is 0 Å². The third kappa shape index (κ3) is 2.58. The first-order valence-electron chi connectivity index (χ1n) is 6.09. The maximum atomic E-state index is 12.0. The number of carbonyl (C=O) groups excluding carboxylic acids is 1. The summed E-state index contributed by atoms with van der Waals surface area (Å²) in [6.45, 7) is 6.19. The second-order valence-electron chi connectivity index (χ2n) is 4.36.